The Morgan fingerprint density at radius 2 is 2.21 bits per heavy atom. The average molecular weight is 469 g/mol. The second-order valence-corrected chi connectivity index (χ2v) is 8.87. The van der Waals surface area contributed by atoms with Gasteiger partial charge in [-0.25, -0.2) is 4.98 Å². The fourth-order valence-electron chi connectivity index (χ4n) is 4.24. The predicted molar refractivity (Wildman–Crippen MR) is 132 cm³/mol. The summed E-state index contributed by atoms with van der Waals surface area (Å²) < 4.78 is 17.2. The molecule has 10 heteroatoms. The number of nitrogens with two attached hydrogens (primary N) is 1. The van der Waals surface area contributed by atoms with Gasteiger partial charge in [0.25, 0.3) is 0 Å². The van der Waals surface area contributed by atoms with Crippen LogP contribution in [0.5, 0.6) is 5.75 Å². The van der Waals surface area contributed by atoms with Crippen molar-refractivity contribution in [3.05, 3.63) is 40.8 Å². The summed E-state index contributed by atoms with van der Waals surface area (Å²) in [7, 11) is 0. The highest BCUT2D eigenvalue weighted by molar-refractivity contribution is 5.94. The van der Waals surface area contributed by atoms with Crippen LogP contribution in [0.1, 0.15) is 25.8 Å². The van der Waals surface area contributed by atoms with Gasteiger partial charge < -0.3 is 36.0 Å². The highest BCUT2D eigenvalue weighted by Crippen LogP contribution is 2.36. The molecule has 2 saturated heterocycles. The van der Waals surface area contributed by atoms with Crippen molar-refractivity contribution in [2.45, 2.75) is 44.7 Å². The highest BCUT2D eigenvalue weighted by atomic mass is 16.7. The molecule has 34 heavy (non-hydrogen) atoms. The van der Waals surface area contributed by atoms with Gasteiger partial charge in [0.05, 0.1) is 30.5 Å². The maximum atomic E-state index is 10.8. The molecular formula is C24H32N6O4. The minimum Gasteiger partial charge on any atom is -0.491 e. The molecule has 2 aromatic rings. The molecule has 5 N–H and O–H groups in total. The van der Waals surface area contributed by atoms with E-state index in [1.54, 1.807) is 0 Å². The number of rotatable bonds is 11. The van der Waals surface area contributed by atoms with Crippen LogP contribution in [-0.4, -0.2) is 62.0 Å². The summed E-state index contributed by atoms with van der Waals surface area (Å²) in [6.45, 7) is 5.56. The van der Waals surface area contributed by atoms with Crippen molar-refractivity contribution in [3.63, 3.8) is 0 Å². The van der Waals surface area contributed by atoms with E-state index in [4.69, 9.17) is 30.3 Å². The third kappa shape index (κ3) is 5.35. The molecule has 0 saturated carbocycles. The first-order valence-electron chi connectivity index (χ1n) is 11.6. The summed E-state index contributed by atoms with van der Waals surface area (Å²) in [5.74, 6) is 1.50. The molecule has 0 bridgehead atoms. The smallest absolute Gasteiger partial charge is 0.162 e. The van der Waals surface area contributed by atoms with Crippen LogP contribution in [-0.2, 0) is 9.47 Å². The lowest BCUT2D eigenvalue weighted by molar-refractivity contribution is -0.0904. The van der Waals surface area contributed by atoms with Gasteiger partial charge >= 0.3 is 0 Å². The Hall–Kier alpha value is -3.08. The third-order valence-electron chi connectivity index (χ3n) is 6.00. The van der Waals surface area contributed by atoms with Crippen LogP contribution in [0.3, 0.4) is 0 Å². The van der Waals surface area contributed by atoms with Crippen LogP contribution in [0.2, 0.25) is 0 Å². The lowest BCUT2D eigenvalue weighted by atomic mass is 9.99. The second-order valence-electron chi connectivity index (χ2n) is 8.87. The summed E-state index contributed by atoms with van der Waals surface area (Å²) in [5.41, 5.74) is 8.60. The maximum absolute atomic E-state index is 10.8. The number of pyridine rings is 1. The van der Waals surface area contributed by atoms with E-state index < -0.39 is 6.04 Å². The van der Waals surface area contributed by atoms with Crippen LogP contribution in [0.25, 0.3) is 11.3 Å². The molecule has 4 atom stereocenters. The largest absolute Gasteiger partial charge is 0.491 e. The Bertz CT molecular complexity index is 1020. The number of hydrogen-bond donors (Lipinski definition) is 4. The molecule has 10 nitrogen and oxygen atoms in total. The van der Waals surface area contributed by atoms with E-state index in [2.05, 4.69) is 15.8 Å². The van der Waals surface area contributed by atoms with Gasteiger partial charge in [-0.2, -0.15) is 4.91 Å². The number of ether oxygens (including phenoxy) is 3. The van der Waals surface area contributed by atoms with Crippen LogP contribution in [0.15, 0.2) is 35.5 Å². The van der Waals surface area contributed by atoms with E-state index in [0.29, 0.717) is 30.3 Å². The number of benzene rings is 1. The zero-order valence-corrected chi connectivity index (χ0v) is 19.5. The predicted octanol–water partition coefficient (Wildman–Crippen LogP) is 3.21. The van der Waals surface area contributed by atoms with E-state index in [0.717, 1.165) is 23.4 Å². The first-order chi connectivity index (χ1) is 16.5. The monoisotopic (exact) mass is 468 g/mol. The molecule has 4 rings (SSSR count). The van der Waals surface area contributed by atoms with E-state index in [9.17, 15) is 4.91 Å². The molecule has 0 radical (unpaired) electrons. The Morgan fingerprint density at radius 3 is 2.94 bits per heavy atom. The minimum absolute atomic E-state index is 0.0899. The summed E-state index contributed by atoms with van der Waals surface area (Å²) in [6.07, 6.45) is 2.10. The molecule has 2 aliphatic heterocycles. The first kappa shape index (κ1) is 24.1. The fraction of sp³-hybridized carbons (Fsp3) is 0.500. The van der Waals surface area contributed by atoms with E-state index in [1.165, 1.54) is 6.21 Å². The van der Waals surface area contributed by atoms with Crippen LogP contribution < -0.4 is 21.1 Å². The lowest BCUT2D eigenvalue weighted by Gasteiger charge is -2.22. The number of hydrogen-bond acceptors (Lipinski definition) is 10. The summed E-state index contributed by atoms with van der Waals surface area (Å²) in [4.78, 5) is 15.6. The van der Waals surface area contributed by atoms with E-state index in [1.807, 2.05) is 44.2 Å². The topological polar surface area (TPSA) is 144 Å². The standard InChI is InChI=1S/C24H32N6O4/c1-14(2)27-23-19(11-26)21(28-22-13-34-24-18(22)6-7-32-24)9-20(29-23)15-4-3-5-17(8-15)33-12-16(10-25)30-31/h3-5,8-9,11,14,16,18,22,24,26H,6-7,10,12-13,25H2,1-2H3,(H2,27,28,29)/t16-,18+,22-,24-/m0/s1. The van der Waals surface area contributed by atoms with Crippen LogP contribution >= 0.6 is 0 Å². The molecule has 0 aliphatic carbocycles. The molecule has 1 aromatic carbocycles. The van der Waals surface area contributed by atoms with Crippen LogP contribution in [0.4, 0.5) is 11.5 Å². The number of nitrogens with zero attached hydrogens (tertiary/aromatic N) is 2. The van der Waals surface area contributed by atoms with E-state index in [-0.39, 0.29) is 37.4 Å². The Labute approximate surface area is 199 Å². The number of fused-ring (bicyclic) bond motifs is 1. The van der Waals surface area contributed by atoms with Crippen molar-refractivity contribution >= 4 is 17.7 Å². The van der Waals surface area contributed by atoms with Crippen molar-refractivity contribution in [2.24, 2.45) is 16.8 Å². The van der Waals surface area contributed by atoms with E-state index >= 15 is 0 Å². The number of anilines is 2. The van der Waals surface area contributed by atoms with Gasteiger partial charge in [0.1, 0.15) is 24.2 Å². The Morgan fingerprint density at radius 1 is 1.35 bits per heavy atom. The molecule has 3 heterocycles. The van der Waals surface area contributed by atoms with Gasteiger partial charge in [-0.05, 0) is 38.5 Å². The Balaban J connectivity index is 1.65. The van der Waals surface area contributed by atoms with Crippen molar-refractivity contribution < 1.29 is 14.2 Å². The quantitative estimate of drug-likeness (QED) is 0.291. The lowest BCUT2D eigenvalue weighted by Crippen LogP contribution is -2.29. The van der Waals surface area contributed by atoms with Gasteiger partial charge in [0.2, 0.25) is 0 Å². The molecular weight excluding hydrogens is 436 g/mol. The van der Waals surface area contributed by atoms with Crippen LogP contribution in [0, 0.1) is 16.2 Å². The normalized spacial score (nSPS) is 22.3. The van der Waals surface area contributed by atoms with Gasteiger partial charge in [0, 0.05) is 36.0 Å². The number of nitroso groups, excluding NO2 is 1. The van der Waals surface area contributed by atoms with Crippen molar-refractivity contribution in [3.8, 4) is 17.0 Å². The second kappa shape index (κ2) is 10.9. The summed E-state index contributed by atoms with van der Waals surface area (Å²) >= 11 is 0. The highest BCUT2D eigenvalue weighted by Gasteiger charge is 2.41. The van der Waals surface area contributed by atoms with Gasteiger partial charge in [-0.15, -0.1) is 0 Å². The zero-order chi connectivity index (χ0) is 24.1. The molecule has 182 valence electrons. The molecule has 2 aliphatic rings. The molecule has 0 amide bonds. The molecule has 0 unspecified atom stereocenters. The number of aromatic nitrogens is 1. The number of nitrogens with one attached hydrogen (secondary N) is 3. The van der Waals surface area contributed by atoms with Gasteiger partial charge in [-0.1, -0.05) is 17.3 Å². The summed E-state index contributed by atoms with van der Waals surface area (Å²) in [5, 5.41) is 18.0. The molecule has 2 fully saturated rings. The maximum Gasteiger partial charge on any atom is 0.162 e. The first-order valence-corrected chi connectivity index (χ1v) is 11.6. The van der Waals surface area contributed by atoms with Crippen molar-refractivity contribution in [1.29, 1.82) is 5.41 Å². The summed E-state index contributed by atoms with van der Waals surface area (Å²) in [6, 6.07) is 9.08. The van der Waals surface area contributed by atoms with Crippen molar-refractivity contribution in [2.75, 3.05) is 37.0 Å². The van der Waals surface area contributed by atoms with Gasteiger partial charge in [0.15, 0.2) is 6.29 Å². The average Bonchev–Trinajstić information content (AvgIpc) is 3.45. The SMILES string of the molecule is CC(C)Nc1nc(-c2cccc(OC[C@H](CN)N=O)c2)cc(N[C@H]2CO[C@@H]3OCC[C@@H]32)c1C=N. The fourth-order valence-corrected chi connectivity index (χ4v) is 4.24. The van der Waals surface area contributed by atoms with Crippen molar-refractivity contribution in [1.82, 2.24) is 4.98 Å². The minimum atomic E-state index is -0.594. The molecule has 1 aromatic heterocycles. The Kier molecular flexibility index (Phi) is 7.71. The zero-order valence-electron chi connectivity index (χ0n) is 19.5. The van der Waals surface area contributed by atoms with Gasteiger partial charge in [-0.3, -0.25) is 0 Å². The third-order valence-corrected chi connectivity index (χ3v) is 6.00. The molecule has 0 spiro atoms.